The molecule has 0 spiro atoms. The van der Waals surface area contributed by atoms with Crippen LogP contribution in [0.5, 0.6) is 0 Å². The van der Waals surface area contributed by atoms with Crippen LogP contribution in [0.3, 0.4) is 0 Å². The molecule has 1 aliphatic carbocycles. The molecule has 1 aliphatic rings. The van der Waals surface area contributed by atoms with Crippen LogP contribution in [0.2, 0.25) is 0 Å². The van der Waals surface area contributed by atoms with Gasteiger partial charge in [0.2, 0.25) is 11.8 Å². The lowest BCUT2D eigenvalue weighted by Gasteiger charge is -2.18. The van der Waals surface area contributed by atoms with Crippen molar-refractivity contribution in [3.63, 3.8) is 0 Å². The minimum absolute atomic E-state index is 0.130. The Morgan fingerprint density at radius 3 is 2.70 bits per heavy atom. The Morgan fingerprint density at radius 2 is 2.00 bits per heavy atom. The normalized spacial score (nSPS) is 18.7. The minimum Gasteiger partial charge on any atom is -0.382 e. The molecule has 3 atom stereocenters. The molecule has 3 aromatic rings. The van der Waals surface area contributed by atoms with Crippen LogP contribution in [0.25, 0.3) is 11.0 Å². The molecule has 174 valence electrons. The summed E-state index contributed by atoms with van der Waals surface area (Å²) < 4.78 is 57.2. The zero-order valence-corrected chi connectivity index (χ0v) is 17.4. The summed E-state index contributed by atoms with van der Waals surface area (Å²) in [6.07, 6.45) is -4.37. The molecule has 33 heavy (non-hydrogen) atoms. The van der Waals surface area contributed by atoms with Gasteiger partial charge in [0.1, 0.15) is 17.7 Å². The number of H-pyrrole nitrogens is 1. The van der Waals surface area contributed by atoms with Crippen molar-refractivity contribution in [2.75, 3.05) is 19.0 Å². The number of para-hydroxylation sites is 2. The van der Waals surface area contributed by atoms with Gasteiger partial charge >= 0.3 is 6.18 Å². The monoisotopic (exact) mass is 464 g/mol. The zero-order chi connectivity index (χ0) is 23.8. The van der Waals surface area contributed by atoms with Crippen molar-refractivity contribution in [2.45, 2.75) is 24.6 Å². The predicted octanol–water partition coefficient (Wildman–Crippen LogP) is 3.59. The van der Waals surface area contributed by atoms with E-state index in [1.54, 1.807) is 0 Å². The lowest BCUT2D eigenvalue weighted by molar-refractivity contribution is -0.140. The van der Waals surface area contributed by atoms with Gasteiger partial charge in [0.15, 0.2) is 0 Å². The number of halogens is 4. The van der Waals surface area contributed by atoms with Crippen LogP contribution in [-0.4, -0.2) is 41.5 Å². The Hall–Kier alpha value is -3.47. The molecule has 1 fully saturated rings. The van der Waals surface area contributed by atoms with E-state index < -0.39 is 41.3 Å². The highest BCUT2D eigenvalue weighted by atomic mass is 19.4. The fourth-order valence-corrected chi connectivity index (χ4v) is 3.61. The number of hydrogen-bond acceptors (Lipinski definition) is 4. The van der Waals surface area contributed by atoms with E-state index in [1.165, 1.54) is 7.11 Å². The van der Waals surface area contributed by atoms with Gasteiger partial charge < -0.3 is 20.4 Å². The van der Waals surface area contributed by atoms with E-state index in [4.69, 9.17) is 4.74 Å². The summed E-state index contributed by atoms with van der Waals surface area (Å²) in [6.45, 7) is -0.201. The number of aromatic amines is 1. The first-order valence-electron chi connectivity index (χ1n) is 10.1. The molecule has 2 aromatic carbocycles. The topological polar surface area (TPSA) is 96.1 Å². The second kappa shape index (κ2) is 8.81. The fraction of sp³-hybridized carbons (Fsp3) is 0.318. The van der Waals surface area contributed by atoms with Crippen molar-refractivity contribution in [2.24, 2.45) is 5.92 Å². The third-order valence-corrected chi connectivity index (χ3v) is 5.39. The SMILES string of the molecule is COCC(NC(=O)C1C[C@@H]1c1nc2ccccc2[nH]1)C(=O)Nc1ccc(F)c(C(F)(F)F)c1. The van der Waals surface area contributed by atoms with E-state index in [-0.39, 0.29) is 18.2 Å². The minimum atomic E-state index is -4.91. The third kappa shape index (κ3) is 4.98. The fourth-order valence-electron chi connectivity index (χ4n) is 3.61. The molecule has 2 unspecified atom stereocenters. The molecule has 0 bridgehead atoms. The number of anilines is 1. The lowest BCUT2D eigenvalue weighted by Crippen LogP contribution is -2.47. The molecule has 3 N–H and O–H groups in total. The molecule has 0 saturated heterocycles. The van der Waals surface area contributed by atoms with E-state index in [2.05, 4.69) is 20.6 Å². The van der Waals surface area contributed by atoms with Crippen molar-refractivity contribution in [3.8, 4) is 0 Å². The number of nitrogens with zero attached hydrogens (tertiary/aromatic N) is 1. The standard InChI is InChI=1S/C22H20F4N4O3/c1-33-10-18(21(32)27-11-6-7-15(23)14(8-11)22(24,25)26)30-20(31)13-9-12(13)19-28-16-4-2-3-5-17(16)29-19/h2-8,12-13,18H,9-10H2,1H3,(H,27,32)(H,28,29)(H,30,31)/t12-,13?,18?/m0/s1. The molecule has 11 heteroatoms. The molecule has 1 aromatic heterocycles. The number of benzene rings is 2. The largest absolute Gasteiger partial charge is 0.419 e. The number of rotatable bonds is 7. The van der Waals surface area contributed by atoms with Crippen LogP contribution < -0.4 is 10.6 Å². The number of ether oxygens (including phenoxy) is 1. The first-order chi connectivity index (χ1) is 15.7. The van der Waals surface area contributed by atoms with Gasteiger partial charge in [-0.1, -0.05) is 12.1 Å². The zero-order valence-electron chi connectivity index (χ0n) is 17.4. The van der Waals surface area contributed by atoms with Gasteiger partial charge in [-0.05, 0) is 36.8 Å². The number of imidazole rings is 1. The van der Waals surface area contributed by atoms with E-state index in [1.807, 2.05) is 24.3 Å². The summed E-state index contributed by atoms with van der Waals surface area (Å²) in [6, 6.07) is 8.42. The van der Waals surface area contributed by atoms with Gasteiger partial charge in [0.05, 0.1) is 23.2 Å². The predicted molar refractivity (Wildman–Crippen MR) is 111 cm³/mol. The second-order valence-corrected chi connectivity index (χ2v) is 7.79. The number of fused-ring (bicyclic) bond motifs is 1. The number of hydrogen-bond donors (Lipinski definition) is 3. The number of amides is 2. The summed E-state index contributed by atoms with van der Waals surface area (Å²) in [5.74, 6) is -2.49. The number of alkyl halides is 3. The van der Waals surface area contributed by atoms with Gasteiger partial charge in [-0.15, -0.1) is 0 Å². The molecule has 0 aliphatic heterocycles. The molecule has 0 radical (unpaired) electrons. The van der Waals surface area contributed by atoms with E-state index in [9.17, 15) is 27.2 Å². The van der Waals surface area contributed by atoms with Crippen molar-refractivity contribution < 1.29 is 31.9 Å². The van der Waals surface area contributed by atoms with Gasteiger partial charge in [-0.25, -0.2) is 9.37 Å². The highest BCUT2D eigenvalue weighted by Crippen LogP contribution is 2.46. The van der Waals surface area contributed by atoms with Crippen molar-refractivity contribution >= 4 is 28.5 Å². The molecule has 2 amide bonds. The van der Waals surface area contributed by atoms with Crippen LogP contribution in [-0.2, 0) is 20.5 Å². The molecular formula is C22H20F4N4O3. The Morgan fingerprint density at radius 1 is 1.24 bits per heavy atom. The highest BCUT2D eigenvalue weighted by molar-refractivity contribution is 5.98. The molecule has 1 heterocycles. The third-order valence-electron chi connectivity index (χ3n) is 5.39. The van der Waals surface area contributed by atoms with Gasteiger partial charge in [-0.3, -0.25) is 9.59 Å². The Bertz CT molecular complexity index is 1160. The van der Waals surface area contributed by atoms with Crippen molar-refractivity contribution in [1.29, 1.82) is 0 Å². The molecule has 4 rings (SSSR count). The average molecular weight is 464 g/mol. The number of carbonyl (C=O) groups excluding carboxylic acids is 2. The summed E-state index contributed by atoms with van der Waals surface area (Å²) in [5, 5.41) is 4.85. The summed E-state index contributed by atoms with van der Waals surface area (Å²) in [7, 11) is 1.32. The number of aromatic nitrogens is 2. The van der Waals surface area contributed by atoms with Crippen molar-refractivity contribution in [1.82, 2.24) is 15.3 Å². The smallest absolute Gasteiger partial charge is 0.382 e. The van der Waals surface area contributed by atoms with Crippen LogP contribution in [0.4, 0.5) is 23.2 Å². The average Bonchev–Trinajstić information content (AvgIpc) is 3.45. The highest BCUT2D eigenvalue weighted by Gasteiger charge is 2.46. The van der Waals surface area contributed by atoms with Crippen LogP contribution in [0.15, 0.2) is 42.5 Å². The van der Waals surface area contributed by atoms with Crippen molar-refractivity contribution in [3.05, 3.63) is 59.7 Å². The summed E-state index contributed by atoms with van der Waals surface area (Å²) in [4.78, 5) is 33.0. The Kier molecular flexibility index (Phi) is 6.07. The first kappa shape index (κ1) is 22.7. The maximum atomic E-state index is 13.5. The summed E-state index contributed by atoms with van der Waals surface area (Å²) >= 11 is 0. The number of nitrogens with one attached hydrogen (secondary N) is 3. The van der Waals surface area contributed by atoms with Gasteiger partial charge in [0.25, 0.3) is 0 Å². The lowest BCUT2D eigenvalue weighted by atomic mass is 10.1. The van der Waals surface area contributed by atoms with E-state index >= 15 is 0 Å². The van der Waals surface area contributed by atoms with Gasteiger partial charge in [0, 0.05) is 24.6 Å². The Balaban J connectivity index is 1.41. The van der Waals surface area contributed by atoms with Crippen LogP contribution in [0, 0.1) is 11.7 Å². The van der Waals surface area contributed by atoms with E-state index in [0.717, 1.165) is 17.1 Å². The maximum absolute atomic E-state index is 13.5. The number of carbonyl (C=O) groups is 2. The second-order valence-electron chi connectivity index (χ2n) is 7.79. The first-order valence-corrected chi connectivity index (χ1v) is 10.1. The van der Waals surface area contributed by atoms with E-state index in [0.29, 0.717) is 24.4 Å². The number of methoxy groups -OCH3 is 1. The maximum Gasteiger partial charge on any atom is 0.419 e. The summed E-state index contributed by atoms with van der Waals surface area (Å²) in [5.41, 5.74) is -0.115. The van der Waals surface area contributed by atoms with Gasteiger partial charge in [-0.2, -0.15) is 13.2 Å². The Labute approximate surface area is 185 Å². The molecule has 7 nitrogen and oxygen atoms in total. The quantitative estimate of drug-likeness (QED) is 0.466. The molecular weight excluding hydrogens is 444 g/mol. The molecule has 1 saturated carbocycles. The van der Waals surface area contributed by atoms with Crippen LogP contribution in [0.1, 0.15) is 23.7 Å². The van der Waals surface area contributed by atoms with Crippen LogP contribution >= 0.6 is 0 Å².